The van der Waals surface area contributed by atoms with Crippen LogP contribution in [0, 0.1) is 6.92 Å². The fraction of sp³-hybridized carbons (Fsp3) is 0.160. The van der Waals surface area contributed by atoms with E-state index in [0.29, 0.717) is 35.2 Å². The van der Waals surface area contributed by atoms with Gasteiger partial charge in [-0.3, -0.25) is 4.79 Å². The molecule has 0 saturated carbocycles. The molecule has 1 aliphatic heterocycles. The second-order valence-electron chi connectivity index (χ2n) is 7.61. The van der Waals surface area contributed by atoms with Gasteiger partial charge in [-0.1, -0.05) is 53.2 Å². The van der Waals surface area contributed by atoms with E-state index < -0.39 is 6.04 Å². The number of aryl methyl sites for hydroxylation is 1. The van der Waals surface area contributed by atoms with E-state index in [1.807, 2.05) is 67.6 Å². The van der Waals surface area contributed by atoms with Crippen LogP contribution < -0.4 is 14.8 Å². The molecule has 7 heteroatoms. The first kappa shape index (κ1) is 19.8. The van der Waals surface area contributed by atoms with E-state index in [2.05, 4.69) is 15.5 Å². The second kappa shape index (κ2) is 8.55. The summed E-state index contributed by atoms with van der Waals surface area (Å²) in [5.41, 5.74) is 3.45. The summed E-state index contributed by atoms with van der Waals surface area (Å²) in [7, 11) is 0. The molecule has 7 nitrogen and oxygen atoms in total. The highest BCUT2D eigenvalue weighted by atomic mass is 16.7. The molecule has 3 aromatic carbocycles. The molecule has 0 spiro atoms. The van der Waals surface area contributed by atoms with Gasteiger partial charge >= 0.3 is 0 Å². The van der Waals surface area contributed by atoms with E-state index in [9.17, 15) is 4.79 Å². The number of ether oxygens (including phenoxy) is 2. The smallest absolute Gasteiger partial charge is 0.251 e. The van der Waals surface area contributed by atoms with Crippen LogP contribution in [-0.2, 0) is 6.42 Å². The Bertz CT molecular complexity index is 1240. The van der Waals surface area contributed by atoms with Crippen LogP contribution in [0.15, 0.2) is 77.3 Å². The number of aromatic nitrogens is 2. The molecular weight excluding hydrogens is 406 g/mol. The molecule has 32 heavy (non-hydrogen) atoms. The maximum Gasteiger partial charge on any atom is 0.251 e. The molecule has 160 valence electrons. The molecule has 0 aliphatic carbocycles. The number of rotatable bonds is 6. The summed E-state index contributed by atoms with van der Waals surface area (Å²) in [6.07, 6.45) is 0.515. The molecule has 4 aromatic rings. The van der Waals surface area contributed by atoms with E-state index in [4.69, 9.17) is 14.0 Å². The van der Waals surface area contributed by atoms with Crippen LogP contribution in [0.2, 0.25) is 0 Å². The van der Waals surface area contributed by atoms with Crippen molar-refractivity contribution in [2.24, 2.45) is 0 Å². The quantitative estimate of drug-likeness (QED) is 0.488. The Balaban J connectivity index is 1.42. The molecule has 1 aromatic heterocycles. The van der Waals surface area contributed by atoms with Crippen molar-refractivity contribution in [3.8, 4) is 22.9 Å². The van der Waals surface area contributed by atoms with Gasteiger partial charge in [-0.25, -0.2) is 0 Å². The van der Waals surface area contributed by atoms with Crippen LogP contribution in [0.5, 0.6) is 11.5 Å². The molecule has 1 atom stereocenters. The lowest BCUT2D eigenvalue weighted by Crippen LogP contribution is -2.30. The molecule has 0 fully saturated rings. The fourth-order valence-corrected chi connectivity index (χ4v) is 3.53. The maximum absolute atomic E-state index is 12.9. The molecule has 1 N–H and O–H groups in total. The Morgan fingerprint density at radius 1 is 1.00 bits per heavy atom. The molecule has 1 amide bonds. The van der Waals surface area contributed by atoms with E-state index >= 15 is 0 Å². The number of amides is 1. The van der Waals surface area contributed by atoms with Crippen LogP contribution in [0.3, 0.4) is 0 Å². The number of fused-ring (bicyclic) bond motifs is 1. The zero-order chi connectivity index (χ0) is 21.9. The number of hydrogen-bond acceptors (Lipinski definition) is 6. The summed E-state index contributed by atoms with van der Waals surface area (Å²) >= 11 is 0. The normalized spacial score (nSPS) is 13.0. The molecular formula is C25H21N3O4. The Labute approximate surface area is 185 Å². The van der Waals surface area contributed by atoms with Crippen LogP contribution in [-0.4, -0.2) is 22.8 Å². The van der Waals surface area contributed by atoms with Gasteiger partial charge in [-0.2, -0.15) is 4.98 Å². The lowest BCUT2D eigenvalue weighted by atomic mass is 10.0. The third-order valence-corrected chi connectivity index (χ3v) is 5.27. The van der Waals surface area contributed by atoms with Crippen LogP contribution in [0.4, 0.5) is 0 Å². The summed E-state index contributed by atoms with van der Waals surface area (Å²) in [4.78, 5) is 17.5. The molecule has 0 radical (unpaired) electrons. The van der Waals surface area contributed by atoms with Crippen molar-refractivity contribution in [2.75, 3.05) is 6.79 Å². The van der Waals surface area contributed by atoms with Crippen molar-refractivity contribution in [3.63, 3.8) is 0 Å². The third-order valence-electron chi connectivity index (χ3n) is 5.27. The van der Waals surface area contributed by atoms with Crippen molar-refractivity contribution in [1.29, 1.82) is 0 Å². The highest BCUT2D eigenvalue weighted by Gasteiger charge is 2.24. The second-order valence-corrected chi connectivity index (χ2v) is 7.61. The van der Waals surface area contributed by atoms with E-state index in [0.717, 1.165) is 16.7 Å². The summed E-state index contributed by atoms with van der Waals surface area (Å²) in [5.74, 6) is 1.88. The number of carbonyl (C=O) groups excluding carboxylic acids is 1. The average Bonchev–Trinajstić information content (AvgIpc) is 3.49. The lowest BCUT2D eigenvalue weighted by Gasteiger charge is -2.15. The Morgan fingerprint density at radius 2 is 1.78 bits per heavy atom. The highest BCUT2D eigenvalue weighted by molar-refractivity contribution is 5.94. The van der Waals surface area contributed by atoms with Crippen molar-refractivity contribution >= 4 is 5.91 Å². The van der Waals surface area contributed by atoms with Gasteiger partial charge in [0.1, 0.15) is 6.04 Å². The van der Waals surface area contributed by atoms with Gasteiger partial charge in [0.25, 0.3) is 5.91 Å². The van der Waals surface area contributed by atoms with Crippen molar-refractivity contribution < 1.29 is 18.8 Å². The van der Waals surface area contributed by atoms with Crippen LogP contribution >= 0.6 is 0 Å². The van der Waals surface area contributed by atoms with E-state index in [1.54, 1.807) is 12.1 Å². The minimum absolute atomic E-state index is 0.195. The SMILES string of the molecule is Cc1ccc(C(=O)NC(Cc2ccccc2)c2nc(-c3ccc4c(c3)OCO4)no2)cc1. The predicted molar refractivity (Wildman–Crippen MR) is 117 cm³/mol. The zero-order valence-corrected chi connectivity index (χ0v) is 17.4. The summed E-state index contributed by atoms with van der Waals surface area (Å²) < 4.78 is 16.4. The number of carbonyl (C=O) groups is 1. The first-order chi connectivity index (χ1) is 15.7. The largest absolute Gasteiger partial charge is 0.454 e. The summed E-state index contributed by atoms with van der Waals surface area (Å²) in [5, 5.41) is 7.18. The van der Waals surface area contributed by atoms with Gasteiger partial charge in [0, 0.05) is 17.5 Å². The first-order valence-corrected chi connectivity index (χ1v) is 10.3. The topological polar surface area (TPSA) is 86.5 Å². The third kappa shape index (κ3) is 4.18. The van der Waals surface area contributed by atoms with Gasteiger partial charge in [0.05, 0.1) is 0 Å². The van der Waals surface area contributed by atoms with Gasteiger partial charge in [-0.15, -0.1) is 0 Å². The van der Waals surface area contributed by atoms with E-state index in [1.165, 1.54) is 0 Å². The zero-order valence-electron chi connectivity index (χ0n) is 17.4. The molecule has 5 rings (SSSR count). The average molecular weight is 427 g/mol. The first-order valence-electron chi connectivity index (χ1n) is 10.3. The van der Waals surface area contributed by atoms with Gasteiger partial charge in [0.15, 0.2) is 11.5 Å². The number of benzene rings is 3. The van der Waals surface area contributed by atoms with Gasteiger partial charge < -0.3 is 19.3 Å². The number of hydrogen-bond donors (Lipinski definition) is 1. The van der Waals surface area contributed by atoms with Gasteiger partial charge in [-0.05, 0) is 42.8 Å². The molecule has 0 saturated heterocycles. The number of nitrogens with one attached hydrogen (secondary N) is 1. The van der Waals surface area contributed by atoms with Crippen LogP contribution in [0.25, 0.3) is 11.4 Å². The van der Waals surface area contributed by atoms with Gasteiger partial charge in [0.2, 0.25) is 18.5 Å². The fourth-order valence-electron chi connectivity index (χ4n) is 3.53. The minimum Gasteiger partial charge on any atom is -0.454 e. The molecule has 1 aliphatic rings. The highest BCUT2D eigenvalue weighted by Crippen LogP contribution is 2.35. The Hall–Kier alpha value is -4.13. The lowest BCUT2D eigenvalue weighted by molar-refractivity contribution is 0.0928. The Kier molecular flexibility index (Phi) is 5.29. The standard InChI is InChI=1S/C25H21N3O4/c1-16-7-9-18(10-8-16)24(29)26-20(13-17-5-3-2-4-6-17)25-27-23(28-32-25)19-11-12-21-22(14-19)31-15-30-21/h2-12,14,20H,13,15H2,1H3,(H,26,29). The van der Waals surface area contributed by atoms with E-state index in [-0.39, 0.29) is 12.7 Å². The van der Waals surface area contributed by atoms with Crippen molar-refractivity contribution in [1.82, 2.24) is 15.5 Å². The molecule has 2 heterocycles. The maximum atomic E-state index is 12.9. The van der Waals surface area contributed by atoms with Crippen molar-refractivity contribution in [2.45, 2.75) is 19.4 Å². The predicted octanol–water partition coefficient (Wildman–Crippen LogP) is 4.49. The molecule has 0 bridgehead atoms. The minimum atomic E-state index is -0.485. The number of nitrogens with zero attached hydrogens (tertiary/aromatic N) is 2. The molecule has 1 unspecified atom stereocenters. The summed E-state index contributed by atoms with van der Waals surface area (Å²) in [6, 6.07) is 22.3. The van der Waals surface area contributed by atoms with Crippen molar-refractivity contribution in [3.05, 3.63) is 95.4 Å². The van der Waals surface area contributed by atoms with Crippen LogP contribution in [0.1, 0.15) is 33.4 Å². The monoisotopic (exact) mass is 427 g/mol. The summed E-state index contributed by atoms with van der Waals surface area (Å²) in [6.45, 7) is 2.18. The Morgan fingerprint density at radius 3 is 2.59 bits per heavy atom.